The maximum atomic E-state index is 13.2. The molecule has 3 heteroatoms. The first kappa shape index (κ1) is 17.0. The van der Waals surface area contributed by atoms with Gasteiger partial charge in [0.1, 0.15) is 5.82 Å². The largest absolute Gasteiger partial charge is 0.313 e. The van der Waals surface area contributed by atoms with Gasteiger partial charge in [0, 0.05) is 10.5 Å². The highest BCUT2D eigenvalue weighted by molar-refractivity contribution is 9.10. The van der Waals surface area contributed by atoms with Crippen molar-refractivity contribution in [1.82, 2.24) is 5.32 Å². The summed E-state index contributed by atoms with van der Waals surface area (Å²) < 4.78 is 14.1. The summed E-state index contributed by atoms with van der Waals surface area (Å²) in [7, 11) is 0. The molecule has 1 N–H and O–H groups in total. The second-order valence-electron chi connectivity index (χ2n) is 6.35. The van der Waals surface area contributed by atoms with E-state index in [0.29, 0.717) is 6.04 Å². The predicted octanol–water partition coefficient (Wildman–Crippen LogP) is 5.33. The Kier molecular flexibility index (Phi) is 6.69. The van der Waals surface area contributed by atoms with Crippen LogP contribution in [0.25, 0.3) is 0 Å². The molecule has 21 heavy (non-hydrogen) atoms. The normalized spacial score (nSPS) is 23.4. The van der Waals surface area contributed by atoms with E-state index in [2.05, 4.69) is 35.1 Å². The zero-order valence-electron chi connectivity index (χ0n) is 13.2. The van der Waals surface area contributed by atoms with Gasteiger partial charge in [0.15, 0.2) is 0 Å². The summed E-state index contributed by atoms with van der Waals surface area (Å²) in [5.74, 6) is 1.49. The summed E-state index contributed by atoms with van der Waals surface area (Å²) in [4.78, 5) is 0. The molecule has 3 unspecified atom stereocenters. The maximum Gasteiger partial charge on any atom is 0.124 e. The minimum absolute atomic E-state index is 0.171. The second kappa shape index (κ2) is 8.28. The molecule has 1 aliphatic rings. The monoisotopic (exact) mass is 355 g/mol. The molecule has 1 fully saturated rings. The van der Waals surface area contributed by atoms with Crippen molar-refractivity contribution >= 4 is 15.9 Å². The number of nitrogens with one attached hydrogen (secondary N) is 1. The van der Waals surface area contributed by atoms with Crippen LogP contribution in [0.15, 0.2) is 22.7 Å². The Labute approximate surface area is 136 Å². The first-order valence-corrected chi connectivity index (χ1v) is 9.10. The molecule has 0 amide bonds. The smallest absolute Gasteiger partial charge is 0.124 e. The lowest BCUT2D eigenvalue weighted by atomic mass is 9.90. The van der Waals surface area contributed by atoms with Gasteiger partial charge in [0.25, 0.3) is 0 Å². The molecule has 118 valence electrons. The Morgan fingerprint density at radius 2 is 2.14 bits per heavy atom. The van der Waals surface area contributed by atoms with E-state index in [9.17, 15) is 4.39 Å². The van der Waals surface area contributed by atoms with Crippen molar-refractivity contribution in [3.63, 3.8) is 0 Å². The Hall–Kier alpha value is -0.410. The highest BCUT2D eigenvalue weighted by Gasteiger charge is 2.30. The minimum Gasteiger partial charge on any atom is -0.313 e. The maximum absolute atomic E-state index is 13.2. The van der Waals surface area contributed by atoms with Crippen molar-refractivity contribution in [3.05, 3.63) is 34.1 Å². The molecule has 2 rings (SSSR count). The summed E-state index contributed by atoms with van der Waals surface area (Å²) in [5.41, 5.74) is 1.21. The molecule has 0 saturated heterocycles. The van der Waals surface area contributed by atoms with Gasteiger partial charge in [-0.3, -0.25) is 0 Å². The molecule has 0 aliphatic heterocycles. The molecule has 0 bridgehead atoms. The van der Waals surface area contributed by atoms with Gasteiger partial charge in [-0.25, -0.2) is 4.39 Å². The fourth-order valence-corrected chi connectivity index (χ4v) is 4.02. The topological polar surface area (TPSA) is 12.0 Å². The van der Waals surface area contributed by atoms with Gasteiger partial charge in [-0.2, -0.15) is 0 Å². The van der Waals surface area contributed by atoms with Crippen LogP contribution in [-0.4, -0.2) is 12.6 Å². The van der Waals surface area contributed by atoms with Crippen LogP contribution < -0.4 is 5.32 Å². The molecule has 3 atom stereocenters. The lowest BCUT2D eigenvalue weighted by Crippen LogP contribution is -2.37. The third kappa shape index (κ3) is 4.79. The zero-order chi connectivity index (χ0) is 15.2. The Morgan fingerprint density at radius 1 is 1.33 bits per heavy atom. The van der Waals surface area contributed by atoms with Crippen LogP contribution in [0.5, 0.6) is 0 Å². The predicted molar refractivity (Wildman–Crippen MR) is 91.0 cm³/mol. The average molecular weight is 356 g/mol. The summed E-state index contributed by atoms with van der Waals surface area (Å²) in [5, 5.41) is 3.73. The van der Waals surface area contributed by atoms with E-state index < -0.39 is 0 Å². The third-order valence-electron chi connectivity index (χ3n) is 4.84. The molecule has 1 aromatic carbocycles. The van der Waals surface area contributed by atoms with Gasteiger partial charge < -0.3 is 5.32 Å². The van der Waals surface area contributed by atoms with Crippen molar-refractivity contribution in [1.29, 1.82) is 0 Å². The van der Waals surface area contributed by atoms with E-state index in [1.165, 1.54) is 31.2 Å². The molecule has 1 aliphatic carbocycles. The van der Waals surface area contributed by atoms with Crippen molar-refractivity contribution in [3.8, 4) is 0 Å². The van der Waals surface area contributed by atoms with Gasteiger partial charge >= 0.3 is 0 Å². The van der Waals surface area contributed by atoms with Crippen LogP contribution in [0.3, 0.4) is 0 Å². The lowest BCUT2D eigenvalue weighted by Gasteiger charge is -2.26. The van der Waals surface area contributed by atoms with Crippen LogP contribution in [0, 0.1) is 17.7 Å². The molecule has 0 spiro atoms. The lowest BCUT2D eigenvalue weighted by molar-refractivity contribution is 0.343. The summed E-state index contributed by atoms with van der Waals surface area (Å²) >= 11 is 3.51. The van der Waals surface area contributed by atoms with Gasteiger partial charge in [-0.05, 0) is 61.8 Å². The average Bonchev–Trinajstić information content (AvgIpc) is 2.94. The fourth-order valence-electron chi connectivity index (χ4n) is 3.51. The van der Waals surface area contributed by atoms with E-state index in [4.69, 9.17) is 0 Å². The zero-order valence-corrected chi connectivity index (χ0v) is 14.8. The first-order chi connectivity index (χ1) is 10.1. The van der Waals surface area contributed by atoms with E-state index in [0.717, 1.165) is 35.7 Å². The Morgan fingerprint density at radius 3 is 2.76 bits per heavy atom. The van der Waals surface area contributed by atoms with E-state index in [-0.39, 0.29) is 5.82 Å². The van der Waals surface area contributed by atoms with Gasteiger partial charge in [0.2, 0.25) is 0 Å². The SMILES string of the molecule is CCCNC(Cc1ccc(F)cc1Br)C1CCC(CC)C1. The number of hydrogen-bond acceptors (Lipinski definition) is 1. The summed E-state index contributed by atoms with van der Waals surface area (Å²) in [6.07, 6.45) is 7.50. The standard InChI is InChI=1S/C18H27BrFN/c1-3-9-21-18(15-6-5-13(4-2)10-15)11-14-7-8-16(20)12-17(14)19/h7-8,12-13,15,18,21H,3-6,9-11H2,1-2H3. The summed E-state index contributed by atoms with van der Waals surface area (Å²) in [6, 6.07) is 5.59. The van der Waals surface area contributed by atoms with Gasteiger partial charge in [-0.15, -0.1) is 0 Å². The fraction of sp³-hybridized carbons (Fsp3) is 0.667. The second-order valence-corrected chi connectivity index (χ2v) is 7.20. The van der Waals surface area contributed by atoms with Gasteiger partial charge in [0.05, 0.1) is 0 Å². The summed E-state index contributed by atoms with van der Waals surface area (Å²) in [6.45, 7) is 5.58. The molecule has 0 heterocycles. The van der Waals surface area contributed by atoms with E-state index in [1.54, 1.807) is 12.1 Å². The number of halogens is 2. The molecule has 0 radical (unpaired) electrons. The highest BCUT2D eigenvalue weighted by atomic mass is 79.9. The van der Waals surface area contributed by atoms with Crippen LogP contribution in [-0.2, 0) is 6.42 Å². The number of rotatable bonds is 7. The molecule has 1 aromatic rings. The van der Waals surface area contributed by atoms with Crippen molar-refractivity contribution in [2.24, 2.45) is 11.8 Å². The molecule has 1 saturated carbocycles. The van der Waals surface area contributed by atoms with Crippen LogP contribution in [0.2, 0.25) is 0 Å². The van der Waals surface area contributed by atoms with Crippen molar-refractivity contribution < 1.29 is 4.39 Å². The van der Waals surface area contributed by atoms with Gasteiger partial charge in [-0.1, -0.05) is 48.7 Å². The van der Waals surface area contributed by atoms with Crippen LogP contribution in [0.1, 0.15) is 51.5 Å². The van der Waals surface area contributed by atoms with Crippen LogP contribution >= 0.6 is 15.9 Å². The molecular formula is C18H27BrFN. The van der Waals surface area contributed by atoms with E-state index >= 15 is 0 Å². The quantitative estimate of drug-likeness (QED) is 0.697. The number of benzene rings is 1. The molecule has 0 aromatic heterocycles. The third-order valence-corrected chi connectivity index (χ3v) is 5.58. The van der Waals surface area contributed by atoms with Crippen molar-refractivity contribution in [2.75, 3.05) is 6.54 Å². The van der Waals surface area contributed by atoms with E-state index in [1.807, 2.05) is 6.07 Å². The minimum atomic E-state index is -0.171. The molecule has 1 nitrogen and oxygen atoms in total. The Bertz CT molecular complexity index is 449. The Balaban J connectivity index is 2.05. The first-order valence-electron chi connectivity index (χ1n) is 8.31. The molecular weight excluding hydrogens is 329 g/mol. The van der Waals surface area contributed by atoms with Crippen LogP contribution in [0.4, 0.5) is 4.39 Å². The number of hydrogen-bond donors (Lipinski definition) is 1. The highest BCUT2D eigenvalue weighted by Crippen LogP contribution is 2.36. The van der Waals surface area contributed by atoms with Crippen molar-refractivity contribution in [2.45, 2.75) is 58.4 Å².